The molecule has 0 saturated heterocycles. The van der Waals surface area contributed by atoms with E-state index in [0.717, 1.165) is 46.0 Å². The first-order valence-electron chi connectivity index (χ1n) is 15.9. The van der Waals surface area contributed by atoms with E-state index in [4.69, 9.17) is 9.72 Å². The number of para-hydroxylation sites is 1. The number of imidazole rings is 1. The van der Waals surface area contributed by atoms with E-state index in [9.17, 15) is 13.8 Å². The number of aromatic amines is 1. The van der Waals surface area contributed by atoms with E-state index in [-0.39, 0.29) is 11.8 Å². The van der Waals surface area contributed by atoms with E-state index in [1.807, 2.05) is 100 Å². The molecule has 0 spiro atoms. The summed E-state index contributed by atoms with van der Waals surface area (Å²) in [6, 6.07) is 30.3. The van der Waals surface area contributed by atoms with Crippen LogP contribution in [0, 0.1) is 0 Å². The first kappa shape index (κ1) is 34.1. The van der Waals surface area contributed by atoms with Gasteiger partial charge in [0.2, 0.25) is 0 Å². The number of fused-ring (bicyclic) bond motifs is 2. The number of H-pyrrole nitrogens is 1. The highest BCUT2D eigenvalue weighted by molar-refractivity contribution is 7.86. The van der Waals surface area contributed by atoms with Gasteiger partial charge in [0.1, 0.15) is 28.3 Å². The molecule has 9 heteroatoms. The Hall–Kier alpha value is -4.76. The number of unbranched alkanes of at least 4 members (excludes halogenated alkanes) is 2. The Morgan fingerprint density at radius 1 is 0.761 bits per heavy atom. The van der Waals surface area contributed by atoms with Gasteiger partial charge in [-0.3, -0.25) is 14.5 Å². The molecule has 1 aliphatic rings. The maximum absolute atomic E-state index is 12.7. The maximum atomic E-state index is 12.7. The van der Waals surface area contributed by atoms with Crippen molar-refractivity contribution >= 4 is 39.5 Å². The molecule has 0 saturated carbocycles. The molecule has 1 aromatic heterocycles. The second-order valence-electron chi connectivity index (χ2n) is 10.2. The summed E-state index contributed by atoms with van der Waals surface area (Å²) in [4.78, 5) is 34.3. The molecule has 6 rings (SSSR count). The molecule has 46 heavy (non-hydrogen) atoms. The third kappa shape index (κ3) is 8.69. The summed E-state index contributed by atoms with van der Waals surface area (Å²) < 4.78 is 21.6. The van der Waals surface area contributed by atoms with Gasteiger partial charge in [-0.1, -0.05) is 76.6 Å². The van der Waals surface area contributed by atoms with Crippen LogP contribution in [0.15, 0.2) is 97.1 Å². The first-order valence-corrected chi connectivity index (χ1v) is 17.3. The Kier molecular flexibility index (Phi) is 12.7. The summed E-state index contributed by atoms with van der Waals surface area (Å²) in [5, 5.41) is 0. The predicted octanol–water partition coefficient (Wildman–Crippen LogP) is 8.54. The van der Waals surface area contributed by atoms with Gasteiger partial charge in [0.15, 0.2) is 0 Å². The lowest BCUT2D eigenvalue weighted by Crippen LogP contribution is -2.30. The lowest BCUT2D eigenvalue weighted by atomic mass is 10.1. The van der Waals surface area contributed by atoms with Crippen LogP contribution in [0.1, 0.15) is 79.1 Å². The third-order valence-corrected chi connectivity index (χ3v) is 8.25. The molecule has 240 valence electrons. The molecule has 2 heterocycles. The summed E-state index contributed by atoms with van der Waals surface area (Å²) in [5.74, 6) is 2.43. The Bertz CT molecular complexity index is 1720. The summed E-state index contributed by atoms with van der Waals surface area (Å²) in [5.41, 5.74) is 4.52. The topological polar surface area (TPSA) is 104 Å². The highest BCUT2D eigenvalue weighted by Crippen LogP contribution is 2.24. The summed E-state index contributed by atoms with van der Waals surface area (Å²) in [6.45, 7) is 8.37. The molecule has 1 aliphatic heterocycles. The molecule has 4 aromatic carbocycles. The SMILES string of the molecule is CC.CC.O=C1c2ccccc2C(=O)N1CCCCCS(=O)Nc1ccc2nc(Cc3ccc(Oc4ccccc4)cc3)[nH]c2c1. The van der Waals surface area contributed by atoms with Crippen LogP contribution in [0.4, 0.5) is 5.69 Å². The first-order chi connectivity index (χ1) is 22.5. The summed E-state index contributed by atoms with van der Waals surface area (Å²) in [7, 11) is -1.25. The van der Waals surface area contributed by atoms with Crippen molar-refractivity contribution in [1.82, 2.24) is 14.9 Å². The number of hydrogen-bond donors (Lipinski definition) is 2. The number of nitrogens with one attached hydrogen (secondary N) is 2. The fourth-order valence-corrected chi connectivity index (χ4v) is 5.97. The van der Waals surface area contributed by atoms with Gasteiger partial charge >= 0.3 is 0 Å². The van der Waals surface area contributed by atoms with Gasteiger partial charge in [-0.05, 0) is 73.0 Å². The molecule has 1 atom stereocenters. The van der Waals surface area contributed by atoms with Crippen LogP contribution < -0.4 is 9.46 Å². The Morgan fingerprint density at radius 3 is 2.07 bits per heavy atom. The molecule has 1 unspecified atom stereocenters. The lowest BCUT2D eigenvalue weighted by molar-refractivity contribution is 0.0651. The molecule has 8 nitrogen and oxygen atoms in total. The van der Waals surface area contributed by atoms with E-state index < -0.39 is 11.0 Å². The van der Waals surface area contributed by atoms with E-state index in [0.29, 0.717) is 42.7 Å². The molecule has 0 fully saturated rings. The Balaban J connectivity index is 0.00000116. The van der Waals surface area contributed by atoms with Crippen molar-refractivity contribution in [3.8, 4) is 11.5 Å². The van der Waals surface area contributed by atoms with Gasteiger partial charge in [-0.25, -0.2) is 9.19 Å². The minimum absolute atomic E-state index is 0.232. The Morgan fingerprint density at radius 2 is 1.39 bits per heavy atom. The second kappa shape index (κ2) is 17.1. The number of amides is 2. The number of imide groups is 1. The molecule has 0 bridgehead atoms. The van der Waals surface area contributed by atoms with Crippen LogP contribution in [0.2, 0.25) is 0 Å². The molecule has 2 N–H and O–H groups in total. The van der Waals surface area contributed by atoms with Gasteiger partial charge < -0.3 is 14.4 Å². The van der Waals surface area contributed by atoms with Gasteiger partial charge in [0.25, 0.3) is 11.8 Å². The number of carbonyl (C=O) groups is 2. The van der Waals surface area contributed by atoms with Crippen LogP contribution in [-0.2, 0) is 17.4 Å². The molecule has 0 aliphatic carbocycles. The van der Waals surface area contributed by atoms with Crippen LogP contribution in [0.5, 0.6) is 11.5 Å². The van der Waals surface area contributed by atoms with E-state index >= 15 is 0 Å². The smallest absolute Gasteiger partial charge is 0.261 e. The van der Waals surface area contributed by atoms with E-state index in [2.05, 4.69) is 9.71 Å². The zero-order valence-corrected chi connectivity index (χ0v) is 27.7. The van der Waals surface area contributed by atoms with Crippen molar-refractivity contribution in [2.75, 3.05) is 17.0 Å². The number of benzene rings is 4. The largest absolute Gasteiger partial charge is 0.457 e. The fraction of sp³-hybridized carbons (Fsp3) is 0.270. The molecule has 5 aromatic rings. The normalized spacial score (nSPS) is 12.5. The van der Waals surface area contributed by atoms with Crippen molar-refractivity contribution in [1.29, 1.82) is 0 Å². The van der Waals surface area contributed by atoms with Crippen LogP contribution in [-0.4, -0.2) is 43.2 Å². The standard InChI is InChI=1S/C33H30N4O4S.2C2H6/c38-32-27-11-5-6-12-28(27)33(39)37(32)19-7-2-8-20-42(40)36-24-15-18-29-30(22-24)35-31(34-29)21-23-13-16-26(17-14-23)41-25-9-3-1-4-10-25;2*1-2/h1,3-6,9-18,22,36H,2,7-8,19-21H2,(H,34,35);2*1-2H3. The molecular weight excluding hydrogens is 596 g/mol. The second-order valence-corrected chi connectivity index (χ2v) is 11.5. The minimum atomic E-state index is -1.25. The van der Waals surface area contributed by atoms with Gasteiger partial charge in [0.05, 0.1) is 22.2 Å². The molecule has 2 amide bonds. The predicted molar refractivity (Wildman–Crippen MR) is 187 cm³/mol. The van der Waals surface area contributed by atoms with Crippen LogP contribution in [0.3, 0.4) is 0 Å². The van der Waals surface area contributed by atoms with Gasteiger partial charge in [-0.2, -0.15) is 0 Å². The summed E-state index contributed by atoms with van der Waals surface area (Å²) >= 11 is 0. The monoisotopic (exact) mass is 638 g/mol. The summed E-state index contributed by atoms with van der Waals surface area (Å²) in [6.07, 6.45) is 2.81. The number of anilines is 1. The Labute approximate surface area is 273 Å². The number of rotatable bonds is 12. The number of ether oxygens (including phenoxy) is 1. The lowest BCUT2D eigenvalue weighted by Gasteiger charge is -2.13. The van der Waals surface area contributed by atoms with Crippen molar-refractivity contribution in [2.45, 2.75) is 53.4 Å². The van der Waals surface area contributed by atoms with Gasteiger partial charge in [-0.15, -0.1) is 0 Å². The number of aromatic nitrogens is 2. The van der Waals surface area contributed by atoms with Crippen LogP contribution in [0.25, 0.3) is 11.0 Å². The van der Waals surface area contributed by atoms with Crippen molar-refractivity contribution in [3.63, 3.8) is 0 Å². The van der Waals surface area contributed by atoms with Gasteiger partial charge in [0, 0.05) is 24.4 Å². The third-order valence-electron chi connectivity index (χ3n) is 7.13. The molecule has 0 radical (unpaired) electrons. The van der Waals surface area contributed by atoms with Crippen molar-refractivity contribution in [2.24, 2.45) is 0 Å². The zero-order chi connectivity index (χ0) is 32.9. The van der Waals surface area contributed by atoms with Crippen LogP contribution >= 0.6 is 0 Å². The maximum Gasteiger partial charge on any atom is 0.261 e. The highest BCUT2D eigenvalue weighted by Gasteiger charge is 2.34. The van der Waals surface area contributed by atoms with E-state index in [1.54, 1.807) is 24.3 Å². The molecular formula is C37H42N4O4S. The average molecular weight is 639 g/mol. The number of nitrogens with zero attached hydrogens (tertiary/aromatic N) is 2. The number of hydrogen-bond acceptors (Lipinski definition) is 5. The van der Waals surface area contributed by atoms with E-state index in [1.165, 1.54) is 4.90 Å². The quantitative estimate of drug-likeness (QED) is 0.105. The minimum Gasteiger partial charge on any atom is -0.457 e. The highest BCUT2D eigenvalue weighted by atomic mass is 32.2. The zero-order valence-electron chi connectivity index (χ0n) is 26.9. The van der Waals surface area contributed by atoms with Crippen molar-refractivity contribution in [3.05, 3.63) is 120 Å². The average Bonchev–Trinajstić information content (AvgIpc) is 3.60. The number of carbonyl (C=O) groups excluding carboxylic acids is 2. The fourth-order valence-electron chi connectivity index (χ4n) is 5.01. The van der Waals surface area contributed by atoms with Crippen molar-refractivity contribution < 1.29 is 18.5 Å².